The molecule has 0 radical (unpaired) electrons. The van der Waals surface area contributed by atoms with Gasteiger partial charge in [-0.3, -0.25) is 19.4 Å². The lowest BCUT2D eigenvalue weighted by molar-refractivity contribution is -0.254. The Balaban J connectivity index is 1.83. The molecule has 2 fully saturated rings. The van der Waals surface area contributed by atoms with Crippen LogP contribution in [0.4, 0.5) is 0 Å². The highest BCUT2D eigenvalue weighted by Gasteiger charge is 2.74. The number of carbonyl (C=O) groups is 3. The van der Waals surface area contributed by atoms with Crippen LogP contribution in [0.25, 0.3) is 0 Å². The first kappa shape index (κ1) is 19.5. The van der Waals surface area contributed by atoms with Gasteiger partial charge in [0, 0.05) is 19.8 Å². The fourth-order valence-electron chi connectivity index (χ4n) is 5.20. The largest absolute Gasteiger partial charge is 0.422 e. The number of fused-ring (bicyclic) bond motifs is 4. The zero-order valence-corrected chi connectivity index (χ0v) is 17.4. The number of ether oxygens (including phenoxy) is 2. The molecule has 5 rings (SSSR count). The van der Waals surface area contributed by atoms with Crippen molar-refractivity contribution in [3.05, 3.63) is 71.3 Å². The molecule has 3 atom stereocenters. The molecule has 0 unspecified atom stereocenters. The van der Waals surface area contributed by atoms with Crippen LogP contribution in [0.2, 0.25) is 0 Å². The molecule has 2 saturated heterocycles. The zero-order chi connectivity index (χ0) is 22.0. The molecule has 0 bridgehead atoms. The minimum absolute atomic E-state index is 0.197. The second-order valence-electron chi connectivity index (χ2n) is 8.65. The number of ketones is 1. The summed E-state index contributed by atoms with van der Waals surface area (Å²) in [6, 6.07) is 14.9. The topological polar surface area (TPSA) is 85.3 Å². The van der Waals surface area contributed by atoms with Crippen LogP contribution in [0, 0.1) is 5.41 Å². The summed E-state index contributed by atoms with van der Waals surface area (Å²) in [4.78, 5) is 40.4. The SMILES string of the molecule is CC(=O)[C@@H]1[C@@H](c2ccccc2)C2(C(=O)OC(C)(C)OC2=O)[C@H]2c3ccccc3C=NN12. The van der Waals surface area contributed by atoms with Gasteiger partial charge in [0.1, 0.15) is 12.1 Å². The fraction of sp³-hybridized carbons (Fsp3) is 0.333. The number of benzene rings is 2. The molecule has 2 aromatic rings. The molecule has 0 amide bonds. The Labute approximate surface area is 179 Å². The summed E-state index contributed by atoms with van der Waals surface area (Å²) in [5.74, 6) is -3.81. The number of carbonyl (C=O) groups excluding carboxylic acids is 3. The van der Waals surface area contributed by atoms with E-state index < -0.39 is 41.1 Å². The second-order valence-corrected chi connectivity index (χ2v) is 8.65. The molecular weight excluding hydrogens is 396 g/mol. The van der Waals surface area contributed by atoms with E-state index in [0.717, 1.165) is 11.1 Å². The van der Waals surface area contributed by atoms with Crippen LogP contribution in [0.3, 0.4) is 0 Å². The van der Waals surface area contributed by atoms with E-state index in [4.69, 9.17) is 9.47 Å². The third kappa shape index (κ3) is 2.59. The Morgan fingerprint density at radius 1 is 0.968 bits per heavy atom. The lowest BCUT2D eigenvalue weighted by Gasteiger charge is -2.44. The number of Topliss-reactive ketones (excluding diaryl/α,β-unsaturated/α-hetero) is 1. The standard InChI is InChI=1S/C24H22N2O5/c1-14(27)19-18(15-9-5-4-6-10-15)24(21(28)30-23(2,3)31-22(24)29)20-17-12-8-7-11-16(17)13-25-26(19)20/h4-13,18-20H,1-3H3/t18-,19-,20-/m1/s1. The molecule has 1 spiro atoms. The van der Waals surface area contributed by atoms with Crippen LogP contribution < -0.4 is 0 Å². The van der Waals surface area contributed by atoms with Gasteiger partial charge in [-0.1, -0.05) is 54.6 Å². The van der Waals surface area contributed by atoms with Gasteiger partial charge >= 0.3 is 11.9 Å². The van der Waals surface area contributed by atoms with Gasteiger partial charge in [0.15, 0.2) is 5.78 Å². The molecule has 2 aromatic carbocycles. The smallest absolute Gasteiger partial charge is 0.330 e. The maximum Gasteiger partial charge on any atom is 0.330 e. The number of cyclic esters (lactones) is 2. The van der Waals surface area contributed by atoms with Crippen molar-refractivity contribution in [1.29, 1.82) is 0 Å². The average molecular weight is 418 g/mol. The predicted octanol–water partition coefficient (Wildman–Crippen LogP) is 2.95. The van der Waals surface area contributed by atoms with Gasteiger partial charge in [-0.05, 0) is 23.6 Å². The van der Waals surface area contributed by atoms with Crippen molar-refractivity contribution < 1.29 is 23.9 Å². The van der Waals surface area contributed by atoms with Crippen molar-refractivity contribution >= 4 is 23.9 Å². The zero-order valence-electron chi connectivity index (χ0n) is 17.4. The Morgan fingerprint density at radius 3 is 2.23 bits per heavy atom. The number of esters is 2. The van der Waals surface area contributed by atoms with Gasteiger partial charge < -0.3 is 9.47 Å². The van der Waals surface area contributed by atoms with Gasteiger partial charge in [-0.15, -0.1) is 0 Å². The van der Waals surface area contributed by atoms with Crippen LogP contribution in [0.1, 0.15) is 49.4 Å². The van der Waals surface area contributed by atoms with Crippen molar-refractivity contribution in [2.75, 3.05) is 0 Å². The first-order valence-corrected chi connectivity index (χ1v) is 10.2. The van der Waals surface area contributed by atoms with E-state index in [1.54, 1.807) is 11.2 Å². The van der Waals surface area contributed by atoms with E-state index >= 15 is 0 Å². The van der Waals surface area contributed by atoms with Gasteiger partial charge in [0.05, 0.1) is 6.21 Å². The van der Waals surface area contributed by atoms with Crippen molar-refractivity contribution in [2.24, 2.45) is 10.5 Å². The third-order valence-corrected chi connectivity index (χ3v) is 6.34. The quantitative estimate of drug-likeness (QED) is 0.551. The van der Waals surface area contributed by atoms with Gasteiger partial charge in [-0.25, -0.2) is 0 Å². The predicted molar refractivity (Wildman–Crippen MR) is 111 cm³/mol. The van der Waals surface area contributed by atoms with Crippen molar-refractivity contribution in [2.45, 2.75) is 44.6 Å². The van der Waals surface area contributed by atoms with E-state index in [1.807, 2.05) is 54.6 Å². The molecule has 0 saturated carbocycles. The molecular formula is C24H22N2O5. The van der Waals surface area contributed by atoms with E-state index in [2.05, 4.69) is 5.10 Å². The minimum atomic E-state index is -1.78. The van der Waals surface area contributed by atoms with E-state index in [1.165, 1.54) is 20.8 Å². The second kappa shape index (κ2) is 6.51. The summed E-state index contributed by atoms with van der Waals surface area (Å²) in [5, 5.41) is 6.12. The summed E-state index contributed by atoms with van der Waals surface area (Å²) >= 11 is 0. The highest BCUT2D eigenvalue weighted by atomic mass is 16.7. The van der Waals surface area contributed by atoms with Crippen LogP contribution in [-0.2, 0) is 23.9 Å². The van der Waals surface area contributed by atoms with E-state index in [-0.39, 0.29) is 5.78 Å². The van der Waals surface area contributed by atoms with Gasteiger partial charge in [-0.2, -0.15) is 5.10 Å². The van der Waals surface area contributed by atoms with E-state index in [9.17, 15) is 14.4 Å². The molecule has 0 N–H and O–H groups in total. The fourth-order valence-corrected chi connectivity index (χ4v) is 5.20. The summed E-state index contributed by atoms with van der Waals surface area (Å²) in [6.45, 7) is 4.50. The molecule has 7 heteroatoms. The van der Waals surface area contributed by atoms with Crippen molar-refractivity contribution in [3.63, 3.8) is 0 Å². The Kier molecular flexibility index (Phi) is 4.09. The van der Waals surface area contributed by atoms with Crippen LogP contribution >= 0.6 is 0 Å². The summed E-state index contributed by atoms with van der Waals surface area (Å²) in [7, 11) is 0. The number of rotatable bonds is 2. The Morgan fingerprint density at radius 2 is 1.58 bits per heavy atom. The van der Waals surface area contributed by atoms with Crippen molar-refractivity contribution in [1.82, 2.24) is 5.01 Å². The summed E-state index contributed by atoms with van der Waals surface area (Å²) in [6.07, 6.45) is 1.66. The minimum Gasteiger partial charge on any atom is -0.422 e. The number of hydrogen-bond acceptors (Lipinski definition) is 7. The number of hydrogen-bond donors (Lipinski definition) is 0. The molecule has 0 aliphatic carbocycles. The Bertz CT molecular complexity index is 1100. The highest BCUT2D eigenvalue weighted by Crippen LogP contribution is 2.62. The van der Waals surface area contributed by atoms with Gasteiger partial charge in [0.25, 0.3) is 5.79 Å². The number of nitrogens with zero attached hydrogens (tertiary/aromatic N) is 2. The lowest BCUT2D eigenvalue weighted by atomic mass is 9.65. The normalized spacial score (nSPS) is 27.3. The maximum absolute atomic E-state index is 13.7. The third-order valence-electron chi connectivity index (χ3n) is 6.34. The average Bonchev–Trinajstić information content (AvgIpc) is 3.05. The summed E-state index contributed by atoms with van der Waals surface area (Å²) < 4.78 is 11.3. The first-order chi connectivity index (χ1) is 14.8. The highest BCUT2D eigenvalue weighted by molar-refractivity contribution is 6.07. The first-order valence-electron chi connectivity index (χ1n) is 10.2. The molecule has 0 aromatic heterocycles. The Hall–Kier alpha value is -3.48. The van der Waals surface area contributed by atoms with E-state index in [0.29, 0.717) is 5.56 Å². The maximum atomic E-state index is 13.7. The molecule has 158 valence electrons. The van der Waals surface area contributed by atoms with Crippen LogP contribution in [-0.4, -0.2) is 40.8 Å². The van der Waals surface area contributed by atoms with Crippen molar-refractivity contribution in [3.8, 4) is 0 Å². The van der Waals surface area contributed by atoms with Crippen LogP contribution in [0.5, 0.6) is 0 Å². The molecule has 31 heavy (non-hydrogen) atoms. The molecule has 3 heterocycles. The van der Waals surface area contributed by atoms with Crippen LogP contribution in [0.15, 0.2) is 59.7 Å². The number of hydrazone groups is 1. The molecule has 3 aliphatic heterocycles. The molecule has 7 nitrogen and oxygen atoms in total. The monoisotopic (exact) mass is 418 g/mol. The lowest BCUT2D eigenvalue weighted by Crippen LogP contribution is -2.58. The summed E-state index contributed by atoms with van der Waals surface area (Å²) in [5.41, 5.74) is 0.417. The van der Waals surface area contributed by atoms with Gasteiger partial charge in [0.2, 0.25) is 5.41 Å². The molecule has 3 aliphatic rings.